The minimum absolute atomic E-state index is 0.221. The van der Waals surface area contributed by atoms with Crippen molar-refractivity contribution < 1.29 is 13.9 Å². The average molecular weight is 543 g/mol. The summed E-state index contributed by atoms with van der Waals surface area (Å²) < 4.78 is 11.2. The van der Waals surface area contributed by atoms with E-state index >= 15 is 0 Å². The normalized spacial score (nSPS) is 16.5. The molecule has 0 spiro atoms. The van der Waals surface area contributed by atoms with Crippen LogP contribution in [0.4, 0.5) is 0 Å². The Morgan fingerprint density at radius 2 is 1.82 bits per heavy atom. The van der Waals surface area contributed by atoms with Gasteiger partial charge in [0.1, 0.15) is 11.3 Å². The van der Waals surface area contributed by atoms with E-state index in [2.05, 4.69) is 46.8 Å². The van der Waals surface area contributed by atoms with Crippen molar-refractivity contribution in [2.24, 2.45) is 5.41 Å². The number of unbranched alkanes of at least 4 members (excludes halogenated alkanes) is 3. The molecule has 40 heavy (non-hydrogen) atoms. The van der Waals surface area contributed by atoms with Gasteiger partial charge < -0.3 is 9.15 Å². The third-order valence-corrected chi connectivity index (χ3v) is 7.76. The molecule has 0 aliphatic heterocycles. The van der Waals surface area contributed by atoms with E-state index in [1.165, 1.54) is 49.0 Å². The van der Waals surface area contributed by atoms with Gasteiger partial charge in [-0.3, -0.25) is 0 Å². The van der Waals surface area contributed by atoms with Gasteiger partial charge in [-0.1, -0.05) is 81.6 Å². The van der Waals surface area contributed by atoms with Gasteiger partial charge in [0, 0.05) is 23.6 Å². The van der Waals surface area contributed by atoms with Crippen LogP contribution in [0.3, 0.4) is 0 Å². The van der Waals surface area contributed by atoms with E-state index in [1.54, 1.807) is 6.07 Å². The highest BCUT2D eigenvalue weighted by atomic mass is 16.5. The van der Waals surface area contributed by atoms with Gasteiger partial charge in [-0.2, -0.15) is 0 Å². The molecule has 0 saturated carbocycles. The van der Waals surface area contributed by atoms with Crippen LogP contribution in [0.25, 0.3) is 11.0 Å². The molecule has 2 aromatic rings. The Hall–Kier alpha value is -3.40. The van der Waals surface area contributed by atoms with Gasteiger partial charge in [-0.25, -0.2) is 9.59 Å². The lowest BCUT2D eigenvalue weighted by atomic mass is 9.72. The molecule has 0 saturated heterocycles. The van der Waals surface area contributed by atoms with E-state index in [1.807, 2.05) is 38.1 Å². The summed E-state index contributed by atoms with van der Waals surface area (Å²) in [6.45, 7) is 14.9. The van der Waals surface area contributed by atoms with Crippen molar-refractivity contribution in [2.75, 3.05) is 0 Å². The summed E-state index contributed by atoms with van der Waals surface area (Å²) >= 11 is 0. The van der Waals surface area contributed by atoms with E-state index in [0.717, 1.165) is 53.3 Å². The summed E-state index contributed by atoms with van der Waals surface area (Å²) in [5, 5.41) is 0.870. The number of fused-ring (bicyclic) bond motifs is 1. The number of benzene rings is 1. The molecule has 1 aromatic carbocycles. The Morgan fingerprint density at radius 1 is 1.05 bits per heavy atom. The van der Waals surface area contributed by atoms with E-state index < -0.39 is 11.6 Å². The predicted octanol–water partition coefficient (Wildman–Crippen LogP) is 9.66. The van der Waals surface area contributed by atoms with Crippen LogP contribution in [-0.2, 0) is 11.2 Å². The second kappa shape index (κ2) is 14.3. The molecule has 0 atom stereocenters. The molecule has 1 heterocycles. The molecule has 4 nitrogen and oxygen atoms in total. The van der Waals surface area contributed by atoms with Crippen LogP contribution in [0, 0.1) is 12.3 Å². The molecule has 0 N–H and O–H groups in total. The van der Waals surface area contributed by atoms with E-state index in [0.29, 0.717) is 11.3 Å². The summed E-state index contributed by atoms with van der Waals surface area (Å²) in [5.41, 5.74) is 6.92. The maximum absolute atomic E-state index is 12.8. The van der Waals surface area contributed by atoms with Gasteiger partial charge in [0.15, 0.2) is 0 Å². The van der Waals surface area contributed by atoms with Crippen molar-refractivity contribution >= 4 is 16.9 Å². The predicted molar refractivity (Wildman–Crippen MR) is 167 cm³/mol. The fraction of sp³-hybridized carbons (Fsp3) is 0.444. The fourth-order valence-electron chi connectivity index (χ4n) is 5.43. The number of hydrogen-bond donors (Lipinski definition) is 0. The van der Waals surface area contributed by atoms with Gasteiger partial charge in [-0.15, -0.1) is 0 Å². The molecule has 0 fully saturated rings. The smallest absolute Gasteiger partial charge is 0.336 e. The molecule has 0 bridgehead atoms. The zero-order chi connectivity index (χ0) is 29.3. The largest absolute Gasteiger partial charge is 0.423 e. The number of hydrogen-bond acceptors (Lipinski definition) is 4. The molecule has 1 aromatic heterocycles. The second-order valence-electron chi connectivity index (χ2n) is 11.9. The molecule has 0 unspecified atom stereocenters. The quantitative estimate of drug-likeness (QED) is 0.0708. The molecule has 0 radical (unpaired) electrons. The standard InChI is InChI=1S/C36H46O4/c1-8-9-10-11-17-29-23-30-28(5)22-35(38)40-33(30)24-32(29)39-34(37)21-26(3)15-12-14-25(2)18-19-31-27(4)16-13-20-36(31,6)7/h12,14-15,18-19,21-24H,8-11,13,16-17,20H2,1-7H3/b15-12+,19-18+,25-14+,26-21+. The van der Waals surface area contributed by atoms with Crippen LogP contribution in [0.15, 0.2) is 86.2 Å². The minimum atomic E-state index is -0.450. The maximum atomic E-state index is 12.8. The molecule has 1 aliphatic carbocycles. The summed E-state index contributed by atoms with van der Waals surface area (Å²) in [4.78, 5) is 24.8. The number of ether oxygens (including phenoxy) is 1. The van der Waals surface area contributed by atoms with Crippen molar-refractivity contribution in [3.63, 3.8) is 0 Å². The second-order valence-corrected chi connectivity index (χ2v) is 11.9. The molecule has 1 aliphatic rings. The van der Waals surface area contributed by atoms with E-state index in [9.17, 15) is 9.59 Å². The van der Waals surface area contributed by atoms with Crippen molar-refractivity contribution in [1.29, 1.82) is 0 Å². The SMILES string of the molecule is CCCCCCc1cc2c(C)cc(=O)oc2cc1OC(=O)/C=C(C)/C=C/C=C(C)/C=C/C1=C(C)CCCC1(C)C. The number of carbonyl (C=O) groups is 1. The van der Waals surface area contributed by atoms with Gasteiger partial charge in [0.2, 0.25) is 0 Å². The van der Waals surface area contributed by atoms with Crippen molar-refractivity contribution in [3.8, 4) is 5.75 Å². The number of aryl methyl sites for hydroxylation is 2. The molecule has 214 valence electrons. The topological polar surface area (TPSA) is 56.5 Å². The van der Waals surface area contributed by atoms with Crippen LogP contribution >= 0.6 is 0 Å². The highest BCUT2D eigenvalue weighted by Crippen LogP contribution is 2.40. The van der Waals surface area contributed by atoms with Gasteiger partial charge in [-0.05, 0) is 93.6 Å². The first kappa shape index (κ1) is 31.1. The summed E-state index contributed by atoms with van der Waals surface area (Å²) in [6.07, 6.45) is 20.7. The van der Waals surface area contributed by atoms with Gasteiger partial charge in [0.05, 0.1) is 0 Å². The lowest BCUT2D eigenvalue weighted by Crippen LogP contribution is -2.19. The Kier molecular flexibility index (Phi) is 11.1. The van der Waals surface area contributed by atoms with Gasteiger partial charge >= 0.3 is 11.6 Å². The van der Waals surface area contributed by atoms with Crippen molar-refractivity contribution in [3.05, 3.63) is 98.5 Å². The van der Waals surface area contributed by atoms with Gasteiger partial charge in [0.25, 0.3) is 0 Å². The first-order valence-electron chi connectivity index (χ1n) is 14.7. The van der Waals surface area contributed by atoms with Crippen LogP contribution in [0.1, 0.15) is 97.6 Å². The molecular formula is C36H46O4. The lowest BCUT2D eigenvalue weighted by Gasteiger charge is -2.32. The highest BCUT2D eigenvalue weighted by Gasteiger charge is 2.26. The minimum Gasteiger partial charge on any atom is -0.423 e. The third-order valence-electron chi connectivity index (χ3n) is 7.76. The Bertz CT molecular complexity index is 1420. The van der Waals surface area contributed by atoms with Crippen LogP contribution in [0.5, 0.6) is 5.75 Å². The molecule has 3 rings (SSSR count). The number of carbonyl (C=O) groups excluding carboxylic acids is 1. The molecule has 0 amide bonds. The lowest BCUT2D eigenvalue weighted by molar-refractivity contribution is -0.129. The Labute approximate surface area is 240 Å². The molecule has 4 heteroatoms. The summed E-state index contributed by atoms with van der Waals surface area (Å²) in [7, 11) is 0. The number of rotatable bonds is 11. The zero-order valence-electron chi connectivity index (χ0n) is 25.5. The van der Waals surface area contributed by atoms with Crippen molar-refractivity contribution in [1.82, 2.24) is 0 Å². The molecular weight excluding hydrogens is 496 g/mol. The first-order valence-corrected chi connectivity index (χ1v) is 14.7. The first-order chi connectivity index (χ1) is 19.0. The number of esters is 1. The van der Waals surface area contributed by atoms with E-state index in [4.69, 9.17) is 9.15 Å². The number of allylic oxidation sites excluding steroid dienone is 9. The van der Waals surface area contributed by atoms with Crippen molar-refractivity contribution in [2.45, 2.75) is 99.8 Å². The van der Waals surface area contributed by atoms with Crippen LogP contribution in [0.2, 0.25) is 0 Å². The fourth-order valence-corrected chi connectivity index (χ4v) is 5.43. The van der Waals surface area contributed by atoms with Crippen LogP contribution < -0.4 is 10.4 Å². The Balaban J connectivity index is 1.73. The monoisotopic (exact) mass is 542 g/mol. The summed E-state index contributed by atoms with van der Waals surface area (Å²) in [6, 6.07) is 5.17. The third kappa shape index (κ3) is 8.81. The maximum Gasteiger partial charge on any atom is 0.336 e. The van der Waals surface area contributed by atoms with E-state index in [-0.39, 0.29) is 5.41 Å². The summed E-state index contributed by atoms with van der Waals surface area (Å²) in [5.74, 6) is 0.000684. The highest BCUT2D eigenvalue weighted by molar-refractivity contribution is 5.88. The zero-order valence-corrected chi connectivity index (χ0v) is 25.5. The Morgan fingerprint density at radius 3 is 2.55 bits per heavy atom. The van der Waals surface area contributed by atoms with Crippen LogP contribution in [-0.4, -0.2) is 5.97 Å². The average Bonchev–Trinajstić information content (AvgIpc) is 2.86.